The molecular weight excluding hydrogens is 478 g/mol. The van der Waals surface area contributed by atoms with E-state index in [1.807, 2.05) is 53.6 Å². The van der Waals surface area contributed by atoms with Crippen LogP contribution in [0.1, 0.15) is 34.3 Å². The number of carbonyl (C=O) groups is 2. The van der Waals surface area contributed by atoms with Gasteiger partial charge in [0.2, 0.25) is 5.91 Å². The smallest absolute Gasteiger partial charge is 0.258 e. The van der Waals surface area contributed by atoms with E-state index in [2.05, 4.69) is 17.1 Å². The molecule has 0 bridgehead atoms. The number of benzene rings is 3. The molecule has 0 spiro atoms. The number of methoxy groups -OCH3 is 2. The number of aromatic amines is 1. The van der Waals surface area contributed by atoms with Gasteiger partial charge in [-0.05, 0) is 48.6 Å². The highest BCUT2D eigenvalue weighted by molar-refractivity contribution is 5.99. The third-order valence-electron chi connectivity index (χ3n) is 7.09. The molecule has 1 aliphatic carbocycles. The van der Waals surface area contributed by atoms with Crippen molar-refractivity contribution < 1.29 is 19.1 Å². The zero-order valence-electron chi connectivity index (χ0n) is 21.9. The molecule has 0 unspecified atom stereocenters. The van der Waals surface area contributed by atoms with Gasteiger partial charge in [-0.1, -0.05) is 48.5 Å². The lowest BCUT2D eigenvalue weighted by molar-refractivity contribution is -0.132. The summed E-state index contributed by atoms with van der Waals surface area (Å²) in [6, 6.07) is 23.4. The predicted octanol–water partition coefficient (Wildman–Crippen LogP) is 5.06. The molecule has 196 valence electrons. The van der Waals surface area contributed by atoms with Gasteiger partial charge in [-0.25, -0.2) is 0 Å². The first-order valence-corrected chi connectivity index (χ1v) is 13.0. The largest absolute Gasteiger partial charge is 0.497 e. The molecule has 0 aliphatic heterocycles. The maximum Gasteiger partial charge on any atom is 0.258 e. The zero-order valence-corrected chi connectivity index (χ0v) is 21.9. The number of para-hydroxylation sites is 1. The Morgan fingerprint density at radius 3 is 2.45 bits per heavy atom. The first-order valence-electron chi connectivity index (χ1n) is 13.0. The van der Waals surface area contributed by atoms with Gasteiger partial charge >= 0.3 is 0 Å². The Hall–Kier alpha value is -4.26. The van der Waals surface area contributed by atoms with Crippen LogP contribution in [0.25, 0.3) is 10.9 Å². The Bertz CT molecular complexity index is 1410. The van der Waals surface area contributed by atoms with E-state index in [-0.39, 0.29) is 24.4 Å². The van der Waals surface area contributed by atoms with Gasteiger partial charge in [0.05, 0.1) is 19.8 Å². The third kappa shape index (κ3) is 5.67. The minimum Gasteiger partial charge on any atom is -0.497 e. The molecule has 7 heteroatoms. The normalized spacial score (nSPS) is 12.8. The Labute approximate surface area is 223 Å². The number of ether oxygens (including phenoxy) is 2. The second-order valence-corrected chi connectivity index (χ2v) is 9.64. The molecule has 1 fully saturated rings. The number of aromatic nitrogens is 1. The van der Waals surface area contributed by atoms with Crippen LogP contribution in [-0.4, -0.2) is 59.9 Å². The van der Waals surface area contributed by atoms with Crippen LogP contribution >= 0.6 is 0 Å². The van der Waals surface area contributed by atoms with Crippen molar-refractivity contribution in [2.45, 2.75) is 31.8 Å². The number of nitrogens with zero attached hydrogens (tertiary/aromatic N) is 2. The van der Waals surface area contributed by atoms with Gasteiger partial charge in [-0.2, -0.15) is 0 Å². The summed E-state index contributed by atoms with van der Waals surface area (Å²) in [5, 5.41) is 1.17. The van der Waals surface area contributed by atoms with Gasteiger partial charge in [0.25, 0.3) is 5.91 Å². The van der Waals surface area contributed by atoms with Crippen LogP contribution in [0.5, 0.6) is 11.5 Å². The van der Waals surface area contributed by atoms with Crippen LogP contribution in [-0.2, 0) is 17.8 Å². The molecule has 1 N–H and O–H groups in total. The number of fused-ring (bicyclic) bond motifs is 1. The molecule has 1 aromatic heterocycles. The summed E-state index contributed by atoms with van der Waals surface area (Å²) >= 11 is 0. The fraction of sp³-hybridized carbons (Fsp3) is 0.290. The first-order chi connectivity index (χ1) is 18.6. The van der Waals surface area contributed by atoms with Crippen molar-refractivity contribution in [1.82, 2.24) is 14.8 Å². The van der Waals surface area contributed by atoms with Crippen molar-refractivity contribution in [1.29, 1.82) is 0 Å². The lowest BCUT2D eigenvalue weighted by Crippen LogP contribution is -2.44. The Balaban J connectivity index is 1.36. The SMILES string of the molecule is COc1ccc(C(=O)N(CC(=O)N(CCc2c[nH]c3ccccc23)Cc2ccccc2)C2CC2)c(OC)c1. The minimum absolute atomic E-state index is 0.0272. The van der Waals surface area contributed by atoms with Gasteiger partial charge in [0.1, 0.15) is 18.0 Å². The molecule has 1 heterocycles. The van der Waals surface area contributed by atoms with Gasteiger partial charge in [0.15, 0.2) is 0 Å². The van der Waals surface area contributed by atoms with E-state index in [0.29, 0.717) is 36.6 Å². The van der Waals surface area contributed by atoms with Gasteiger partial charge in [0, 0.05) is 42.3 Å². The van der Waals surface area contributed by atoms with Crippen LogP contribution in [0.4, 0.5) is 0 Å². The van der Waals surface area contributed by atoms with Crippen LogP contribution in [0.3, 0.4) is 0 Å². The average molecular weight is 512 g/mol. The van der Waals surface area contributed by atoms with E-state index in [9.17, 15) is 9.59 Å². The maximum absolute atomic E-state index is 13.8. The topological polar surface area (TPSA) is 74.9 Å². The molecule has 0 radical (unpaired) electrons. The van der Waals surface area contributed by atoms with E-state index < -0.39 is 0 Å². The number of nitrogens with one attached hydrogen (secondary N) is 1. The molecule has 5 rings (SSSR count). The Kier molecular flexibility index (Phi) is 7.63. The monoisotopic (exact) mass is 511 g/mol. The van der Waals surface area contributed by atoms with Crippen LogP contribution < -0.4 is 9.47 Å². The molecule has 0 saturated heterocycles. The van der Waals surface area contributed by atoms with Gasteiger partial charge in [-0.3, -0.25) is 9.59 Å². The molecule has 2 amide bonds. The summed E-state index contributed by atoms with van der Waals surface area (Å²) in [6.45, 7) is 1.06. The number of hydrogen-bond donors (Lipinski definition) is 1. The van der Waals surface area contributed by atoms with E-state index in [1.54, 1.807) is 30.2 Å². The second-order valence-electron chi connectivity index (χ2n) is 9.64. The standard InChI is InChI=1S/C31H33N3O4/c1-37-25-14-15-27(29(18-25)38-2)31(36)34(24-12-13-24)21-30(35)33(20-22-8-4-3-5-9-22)17-16-23-19-32-28-11-7-6-10-26(23)28/h3-11,14-15,18-19,24,32H,12-13,16-17,20-21H2,1-2H3. The number of carbonyl (C=O) groups excluding carboxylic acids is 2. The summed E-state index contributed by atoms with van der Waals surface area (Å²) in [5.74, 6) is 0.782. The third-order valence-corrected chi connectivity index (χ3v) is 7.09. The van der Waals surface area contributed by atoms with Crippen molar-refractivity contribution >= 4 is 22.7 Å². The van der Waals surface area contributed by atoms with E-state index in [4.69, 9.17) is 9.47 Å². The molecule has 38 heavy (non-hydrogen) atoms. The highest BCUT2D eigenvalue weighted by atomic mass is 16.5. The van der Waals surface area contributed by atoms with Crippen molar-refractivity contribution in [3.05, 3.63) is 95.7 Å². The van der Waals surface area contributed by atoms with E-state index in [1.165, 1.54) is 18.1 Å². The summed E-state index contributed by atoms with van der Waals surface area (Å²) in [4.78, 5) is 34.3. The molecule has 4 aromatic rings. The Morgan fingerprint density at radius 2 is 1.71 bits per heavy atom. The summed E-state index contributed by atoms with van der Waals surface area (Å²) in [7, 11) is 3.10. The highest BCUT2D eigenvalue weighted by Gasteiger charge is 2.36. The van der Waals surface area contributed by atoms with Gasteiger partial charge in [-0.15, -0.1) is 0 Å². The van der Waals surface area contributed by atoms with E-state index in [0.717, 1.165) is 23.9 Å². The van der Waals surface area contributed by atoms with Crippen molar-refractivity contribution in [3.63, 3.8) is 0 Å². The molecule has 0 atom stereocenters. The first kappa shape index (κ1) is 25.4. The predicted molar refractivity (Wildman–Crippen MR) is 147 cm³/mol. The lowest BCUT2D eigenvalue weighted by atomic mass is 10.1. The summed E-state index contributed by atoms with van der Waals surface area (Å²) < 4.78 is 10.8. The van der Waals surface area contributed by atoms with Crippen LogP contribution in [0, 0.1) is 0 Å². The Morgan fingerprint density at radius 1 is 0.947 bits per heavy atom. The molecule has 1 aliphatic rings. The number of amides is 2. The zero-order chi connectivity index (χ0) is 26.5. The molecule has 3 aromatic carbocycles. The number of hydrogen-bond acceptors (Lipinski definition) is 4. The van der Waals surface area contributed by atoms with Crippen molar-refractivity contribution in [2.75, 3.05) is 27.3 Å². The highest BCUT2D eigenvalue weighted by Crippen LogP contribution is 2.32. The second kappa shape index (κ2) is 11.4. The number of rotatable bonds is 11. The van der Waals surface area contributed by atoms with Crippen LogP contribution in [0.2, 0.25) is 0 Å². The maximum atomic E-state index is 13.8. The molecule has 7 nitrogen and oxygen atoms in total. The summed E-state index contributed by atoms with van der Waals surface area (Å²) in [5.41, 5.74) is 3.74. The van der Waals surface area contributed by atoms with Gasteiger partial charge < -0.3 is 24.3 Å². The van der Waals surface area contributed by atoms with Crippen molar-refractivity contribution in [3.8, 4) is 11.5 Å². The number of H-pyrrole nitrogens is 1. The average Bonchev–Trinajstić information content (AvgIpc) is 3.73. The fourth-order valence-corrected chi connectivity index (χ4v) is 4.82. The minimum atomic E-state index is -0.198. The lowest BCUT2D eigenvalue weighted by Gasteiger charge is -2.28. The molecular formula is C31H33N3O4. The quantitative estimate of drug-likeness (QED) is 0.305. The van der Waals surface area contributed by atoms with Crippen LogP contribution in [0.15, 0.2) is 79.0 Å². The van der Waals surface area contributed by atoms with E-state index >= 15 is 0 Å². The summed E-state index contributed by atoms with van der Waals surface area (Å²) in [6.07, 6.45) is 4.52. The fourth-order valence-electron chi connectivity index (χ4n) is 4.82. The molecule has 1 saturated carbocycles. The van der Waals surface area contributed by atoms with Crippen molar-refractivity contribution in [2.24, 2.45) is 0 Å².